The van der Waals surface area contributed by atoms with Crippen LogP contribution < -0.4 is 10.2 Å². The zero-order valence-electron chi connectivity index (χ0n) is 19.2. The van der Waals surface area contributed by atoms with Gasteiger partial charge >= 0.3 is 0 Å². The number of benzene rings is 3. The van der Waals surface area contributed by atoms with Gasteiger partial charge < -0.3 is 9.72 Å². The Balaban J connectivity index is 1.48. The third-order valence-electron chi connectivity index (χ3n) is 5.99. The van der Waals surface area contributed by atoms with Gasteiger partial charge in [0, 0.05) is 33.1 Å². The minimum Gasteiger partial charge on any atom is -0.497 e. The molecule has 2 N–H and O–H groups in total. The van der Waals surface area contributed by atoms with Crippen molar-refractivity contribution in [2.45, 2.75) is 13.8 Å². The van der Waals surface area contributed by atoms with Crippen molar-refractivity contribution in [1.82, 2.24) is 15.4 Å². The number of carbonyl (C=O) groups excluding carboxylic acids is 1. The number of hydrogen-bond acceptors (Lipinski definition) is 4. The quantitative estimate of drug-likeness (QED) is 0.264. The molecule has 0 aliphatic heterocycles. The van der Waals surface area contributed by atoms with E-state index in [0.29, 0.717) is 11.3 Å². The molecular formula is C28H24N4O2. The summed E-state index contributed by atoms with van der Waals surface area (Å²) in [5.74, 6) is 0.470. The molecule has 0 aliphatic carbocycles. The van der Waals surface area contributed by atoms with Crippen LogP contribution >= 0.6 is 0 Å². The maximum Gasteiger partial charge on any atom is 0.272 e. The van der Waals surface area contributed by atoms with Gasteiger partial charge in [0.15, 0.2) is 0 Å². The van der Waals surface area contributed by atoms with Crippen LogP contribution in [-0.2, 0) is 0 Å². The maximum atomic E-state index is 13.2. The number of ether oxygens (including phenoxy) is 1. The van der Waals surface area contributed by atoms with E-state index >= 15 is 0 Å². The number of para-hydroxylation sites is 2. The summed E-state index contributed by atoms with van der Waals surface area (Å²) in [6, 6.07) is 23.1. The molecular weight excluding hydrogens is 424 g/mol. The van der Waals surface area contributed by atoms with Crippen molar-refractivity contribution in [3.8, 4) is 17.0 Å². The molecule has 0 fully saturated rings. The highest BCUT2D eigenvalue weighted by Gasteiger charge is 2.14. The van der Waals surface area contributed by atoms with Crippen molar-refractivity contribution in [2.24, 2.45) is 5.10 Å². The van der Waals surface area contributed by atoms with Gasteiger partial charge in [-0.15, -0.1) is 0 Å². The number of nitrogens with one attached hydrogen (secondary N) is 2. The van der Waals surface area contributed by atoms with Crippen LogP contribution in [0.2, 0.25) is 0 Å². The summed E-state index contributed by atoms with van der Waals surface area (Å²) in [7, 11) is 1.63. The molecule has 0 radical (unpaired) electrons. The van der Waals surface area contributed by atoms with E-state index in [0.717, 1.165) is 44.4 Å². The van der Waals surface area contributed by atoms with E-state index in [9.17, 15) is 4.79 Å². The van der Waals surface area contributed by atoms with Gasteiger partial charge in [-0.2, -0.15) is 5.10 Å². The summed E-state index contributed by atoms with van der Waals surface area (Å²) in [5.41, 5.74) is 9.76. The molecule has 0 unspecified atom stereocenters. The van der Waals surface area contributed by atoms with Gasteiger partial charge in [0.2, 0.25) is 0 Å². The average molecular weight is 449 g/mol. The van der Waals surface area contributed by atoms with Crippen LogP contribution in [0, 0.1) is 13.8 Å². The van der Waals surface area contributed by atoms with Crippen LogP contribution in [0.25, 0.3) is 33.1 Å². The van der Waals surface area contributed by atoms with E-state index in [4.69, 9.17) is 9.72 Å². The molecule has 0 aliphatic rings. The van der Waals surface area contributed by atoms with Crippen LogP contribution in [0.1, 0.15) is 27.2 Å². The predicted molar refractivity (Wildman–Crippen MR) is 137 cm³/mol. The number of aromatic nitrogens is 2. The zero-order chi connectivity index (χ0) is 23.7. The van der Waals surface area contributed by atoms with Crippen molar-refractivity contribution >= 4 is 33.9 Å². The smallest absolute Gasteiger partial charge is 0.272 e. The largest absolute Gasteiger partial charge is 0.497 e. The average Bonchev–Trinajstić information content (AvgIpc) is 3.19. The maximum absolute atomic E-state index is 13.2. The van der Waals surface area contributed by atoms with E-state index in [-0.39, 0.29) is 5.91 Å². The van der Waals surface area contributed by atoms with Gasteiger partial charge in [-0.1, -0.05) is 36.4 Å². The Labute approximate surface area is 197 Å². The Bertz CT molecular complexity index is 1550. The van der Waals surface area contributed by atoms with Crippen LogP contribution in [0.3, 0.4) is 0 Å². The van der Waals surface area contributed by atoms with Crippen molar-refractivity contribution in [2.75, 3.05) is 7.11 Å². The monoisotopic (exact) mass is 448 g/mol. The van der Waals surface area contributed by atoms with Gasteiger partial charge in [0.25, 0.3) is 5.91 Å². The lowest BCUT2D eigenvalue weighted by atomic mass is 10.0. The minimum absolute atomic E-state index is 0.293. The fraction of sp³-hybridized carbons (Fsp3) is 0.107. The Morgan fingerprint density at radius 1 is 1.00 bits per heavy atom. The number of rotatable bonds is 5. The van der Waals surface area contributed by atoms with Gasteiger partial charge in [-0.3, -0.25) is 4.79 Å². The normalized spacial score (nSPS) is 11.4. The molecule has 0 spiro atoms. The molecule has 0 saturated carbocycles. The number of carbonyl (C=O) groups is 1. The number of hydrazone groups is 1. The number of aryl methyl sites for hydroxylation is 2. The van der Waals surface area contributed by atoms with Gasteiger partial charge in [0.1, 0.15) is 5.75 Å². The van der Waals surface area contributed by atoms with E-state index in [1.54, 1.807) is 19.4 Å². The molecule has 2 aromatic heterocycles. The van der Waals surface area contributed by atoms with E-state index < -0.39 is 0 Å². The molecule has 0 bridgehead atoms. The van der Waals surface area contributed by atoms with Crippen LogP contribution in [-0.4, -0.2) is 29.2 Å². The summed E-state index contributed by atoms with van der Waals surface area (Å²) in [4.78, 5) is 21.4. The number of methoxy groups -OCH3 is 1. The van der Waals surface area contributed by atoms with Crippen LogP contribution in [0.5, 0.6) is 5.75 Å². The predicted octanol–water partition coefficient (Wildman–Crippen LogP) is 5.77. The first kappa shape index (κ1) is 21.4. The molecule has 168 valence electrons. The third-order valence-corrected chi connectivity index (χ3v) is 5.99. The molecule has 2 heterocycles. The molecule has 6 heteroatoms. The topological polar surface area (TPSA) is 79.4 Å². The third kappa shape index (κ3) is 3.90. The first-order valence-electron chi connectivity index (χ1n) is 11.0. The molecule has 34 heavy (non-hydrogen) atoms. The zero-order valence-corrected chi connectivity index (χ0v) is 19.2. The molecule has 1 amide bonds. The second-order valence-corrected chi connectivity index (χ2v) is 8.16. The molecule has 5 aromatic rings. The summed E-state index contributed by atoms with van der Waals surface area (Å²) >= 11 is 0. The van der Waals surface area contributed by atoms with Crippen molar-refractivity contribution in [1.29, 1.82) is 0 Å². The van der Waals surface area contributed by atoms with Gasteiger partial charge in [0.05, 0.1) is 30.1 Å². The Kier molecular flexibility index (Phi) is 5.55. The first-order valence-corrected chi connectivity index (χ1v) is 11.0. The Morgan fingerprint density at radius 2 is 1.76 bits per heavy atom. The van der Waals surface area contributed by atoms with Gasteiger partial charge in [-0.25, -0.2) is 10.4 Å². The summed E-state index contributed by atoms with van der Waals surface area (Å²) in [6.07, 6.45) is 1.69. The van der Waals surface area contributed by atoms with Crippen molar-refractivity contribution in [3.05, 3.63) is 95.2 Å². The summed E-state index contributed by atoms with van der Waals surface area (Å²) < 4.78 is 5.25. The lowest BCUT2D eigenvalue weighted by molar-refractivity contribution is 0.0956. The van der Waals surface area contributed by atoms with Crippen LogP contribution in [0.4, 0.5) is 0 Å². The van der Waals surface area contributed by atoms with Gasteiger partial charge in [-0.05, 0) is 55.8 Å². The van der Waals surface area contributed by atoms with E-state index in [2.05, 4.69) is 28.5 Å². The van der Waals surface area contributed by atoms with Crippen molar-refractivity contribution < 1.29 is 9.53 Å². The molecule has 0 atom stereocenters. The van der Waals surface area contributed by atoms with E-state index in [1.165, 1.54) is 5.56 Å². The van der Waals surface area contributed by atoms with E-state index in [1.807, 2.05) is 67.6 Å². The lowest BCUT2D eigenvalue weighted by Crippen LogP contribution is -2.18. The number of pyridine rings is 1. The van der Waals surface area contributed by atoms with Crippen LogP contribution in [0.15, 0.2) is 77.9 Å². The number of aromatic amines is 1. The lowest BCUT2D eigenvalue weighted by Gasteiger charge is -2.09. The standard InChI is InChI=1S/C28H24N4O2/c1-17-7-6-9-22-24(18(2)30-27(17)22)16-29-32-28(33)23-15-26(19-11-13-20(34-3)14-12-19)31-25-10-5-4-8-21(23)25/h4-16,30H,1-3H3,(H,32,33)/b29-16+. The second-order valence-electron chi connectivity index (χ2n) is 8.16. The second kappa shape index (κ2) is 8.83. The molecule has 6 nitrogen and oxygen atoms in total. The highest BCUT2D eigenvalue weighted by molar-refractivity contribution is 6.08. The molecule has 5 rings (SSSR count). The molecule has 0 saturated heterocycles. The number of H-pyrrole nitrogens is 1. The highest BCUT2D eigenvalue weighted by Crippen LogP contribution is 2.27. The Hall–Kier alpha value is -4.45. The number of nitrogens with zero attached hydrogens (tertiary/aromatic N) is 2. The van der Waals surface area contributed by atoms with Crippen molar-refractivity contribution in [3.63, 3.8) is 0 Å². The summed E-state index contributed by atoms with van der Waals surface area (Å²) in [6.45, 7) is 4.07. The fourth-order valence-electron chi connectivity index (χ4n) is 4.17. The molecule has 3 aromatic carbocycles. The number of hydrogen-bond donors (Lipinski definition) is 2. The highest BCUT2D eigenvalue weighted by atomic mass is 16.5. The number of amides is 1. The Morgan fingerprint density at radius 3 is 2.56 bits per heavy atom. The fourth-order valence-corrected chi connectivity index (χ4v) is 4.17. The SMILES string of the molecule is COc1ccc(-c2cc(C(=O)N/N=C/c3c(C)[nH]c4c(C)cccc34)c3ccccc3n2)cc1. The first-order chi connectivity index (χ1) is 16.5. The minimum atomic E-state index is -0.293. The number of fused-ring (bicyclic) bond motifs is 2. The summed E-state index contributed by atoms with van der Waals surface area (Å²) in [5, 5.41) is 6.13.